The molecule has 0 saturated carbocycles. The first-order valence-electron chi connectivity index (χ1n) is 11.9. The molecule has 0 aliphatic carbocycles. The molecule has 5 rings (SSSR count). The first-order chi connectivity index (χ1) is 16.6. The van der Waals surface area contributed by atoms with E-state index in [4.69, 9.17) is 4.42 Å². The van der Waals surface area contributed by atoms with Crippen LogP contribution in [0.4, 0.5) is 11.6 Å². The van der Waals surface area contributed by atoms with E-state index in [0.29, 0.717) is 23.7 Å². The average molecular weight is 480 g/mol. The molecule has 0 N–H and O–H groups in total. The van der Waals surface area contributed by atoms with E-state index in [0.717, 1.165) is 62.2 Å². The van der Waals surface area contributed by atoms with Crippen molar-refractivity contribution in [2.24, 2.45) is 5.92 Å². The van der Waals surface area contributed by atoms with Gasteiger partial charge in [-0.3, -0.25) is 14.2 Å². The van der Waals surface area contributed by atoms with Crippen molar-refractivity contribution in [3.63, 3.8) is 0 Å². The summed E-state index contributed by atoms with van der Waals surface area (Å²) in [4.78, 5) is 28.9. The van der Waals surface area contributed by atoms with Crippen LogP contribution in [0.3, 0.4) is 0 Å². The molecule has 178 valence electrons. The van der Waals surface area contributed by atoms with Gasteiger partial charge in [0, 0.05) is 37.3 Å². The van der Waals surface area contributed by atoms with E-state index < -0.39 is 0 Å². The molecule has 0 spiro atoms. The molecule has 2 fully saturated rings. The molecule has 2 aliphatic heterocycles. The van der Waals surface area contributed by atoms with Crippen LogP contribution < -0.4 is 9.80 Å². The molecular formula is C25H29N5O3S. The number of amides is 1. The number of rotatable bonds is 8. The fraction of sp³-hybridized carbons (Fsp3) is 0.440. The van der Waals surface area contributed by atoms with Crippen LogP contribution in [-0.4, -0.2) is 51.8 Å². The van der Waals surface area contributed by atoms with E-state index in [-0.39, 0.29) is 17.4 Å². The van der Waals surface area contributed by atoms with Gasteiger partial charge in [-0.15, -0.1) is 10.2 Å². The molecule has 2 aliphatic rings. The minimum atomic E-state index is 0.0187. The van der Waals surface area contributed by atoms with E-state index in [1.165, 1.54) is 11.8 Å². The second-order valence-corrected chi connectivity index (χ2v) is 9.97. The lowest BCUT2D eigenvalue weighted by molar-refractivity contribution is -0.117. The molecule has 9 heteroatoms. The second-order valence-electron chi connectivity index (χ2n) is 9.03. The minimum Gasteiger partial charge on any atom is -0.467 e. The van der Waals surface area contributed by atoms with Crippen LogP contribution in [-0.2, 0) is 11.3 Å². The number of nitrogens with zero attached hydrogens (tertiary/aromatic N) is 5. The number of carbonyl (C=O) groups excluding carboxylic acids is 2. The number of anilines is 2. The van der Waals surface area contributed by atoms with Crippen molar-refractivity contribution < 1.29 is 14.0 Å². The van der Waals surface area contributed by atoms with E-state index in [1.807, 2.05) is 24.3 Å². The van der Waals surface area contributed by atoms with Gasteiger partial charge in [-0.2, -0.15) is 0 Å². The number of aromatic nitrogens is 3. The summed E-state index contributed by atoms with van der Waals surface area (Å²) in [7, 11) is 0. The molecule has 2 aromatic heterocycles. The van der Waals surface area contributed by atoms with Crippen molar-refractivity contribution in [2.75, 3.05) is 35.2 Å². The van der Waals surface area contributed by atoms with Gasteiger partial charge in [0.2, 0.25) is 11.9 Å². The molecule has 4 heterocycles. The summed E-state index contributed by atoms with van der Waals surface area (Å²) in [6, 6.07) is 11.1. The summed E-state index contributed by atoms with van der Waals surface area (Å²) in [6.07, 6.45) is 5.40. The number of benzene rings is 1. The molecule has 34 heavy (non-hydrogen) atoms. The molecule has 2 saturated heterocycles. The SMILES string of the molecule is CC1CCN(c2nnc(SCC(=O)c3ccc(N4CCCC4=O)cc3)n2Cc2ccco2)CC1. The van der Waals surface area contributed by atoms with E-state index in [1.54, 1.807) is 23.3 Å². The highest BCUT2D eigenvalue weighted by molar-refractivity contribution is 7.99. The minimum absolute atomic E-state index is 0.0187. The van der Waals surface area contributed by atoms with Crippen molar-refractivity contribution in [1.82, 2.24) is 14.8 Å². The second kappa shape index (κ2) is 10.0. The molecule has 0 unspecified atom stereocenters. The van der Waals surface area contributed by atoms with Crippen molar-refractivity contribution in [2.45, 2.75) is 44.3 Å². The third-order valence-corrected chi connectivity index (χ3v) is 7.53. The lowest BCUT2D eigenvalue weighted by Crippen LogP contribution is -2.35. The highest BCUT2D eigenvalue weighted by Gasteiger charge is 2.24. The number of carbonyl (C=O) groups is 2. The van der Waals surface area contributed by atoms with Crippen molar-refractivity contribution in [1.29, 1.82) is 0 Å². The molecular weight excluding hydrogens is 450 g/mol. The van der Waals surface area contributed by atoms with E-state index in [2.05, 4.69) is 26.6 Å². The van der Waals surface area contributed by atoms with Crippen LogP contribution in [0.25, 0.3) is 0 Å². The van der Waals surface area contributed by atoms with Gasteiger partial charge in [-0.25, -0.2) is 0 Å². The Morgan fingerprint density at radius 2 is 1.91 bits per heavy atom. The molecule has 0 radical (unpaired) electrons. The van der Waals surface area contributed by atoms with Gasteiger partial charge in [0.25, 0.3) is 0 Å². The first-order valence-corrected chi connectivity index (χ1v) is 12.8. The number of ketones is 1. The topological polar surface area (TPSA) is 84.5 Å². The Labute approximate surface area is 203 Å². The maximum atomic E-state index is 12.9. The fourth-order valence-corrected chi connectivity index (χ4v) is 5.32. The predicted octanol–water partition coefficient (Wildman–Crippen LogP) is 4.26. The van der Waals surface area contributed by atoms with Gasteiger partial charge >= 0.3 is 0 Å². The number of Topliss-reactive ketones (excluding diaryl/α,β-unsaturated/α-hetero) is 1. The quantitative estimate of drug-likeness (QED) is 0.353. The van der Waals surface area contributed by atoms with Crippen LogP contribution >= 0.6 is 11.8 Å². The summed E-state index contributed by atoms with van der Waals surface area (Å²) in [5.74, 6) is 2.80. The molecule has 3 aromatic rings. The number of thioether (sulfide) groups is 1. The Hall–Kier alpha value is -3.07. The summed E-state index contributed by atoms with van der Waals surface area (Å²) < 4.78 is 7.63. The van der Waals surface area contributed by atoms with Crippen molar-refractivity contribution >= 4 is 35.1 Å². The van der Waals surface area contributed by atoms with Gasteiger partial charge in [0.1, 0.15) is 5.76 Å². The monoisotopic (exact) mass is 479 g/mol. The number of hydrogen-bond acceptors (Lipinski definition) is 7. The van der Waals surface area contributed by atoms with Crippen molar-refractivity contribution in [3.05, 3.63) is 54.0 Å². The van der Waals surface area contributed by atoms with Crippen LogP contribution in [0.5, 0.6) is 0 Å². The highest BCUT2D eigenvalue weighted by Crippen LogP contribution is 2.28. The maximum absolute atomic E-state index is 12.9. The summed E-state index contributed by atoms with van der Waals surface area (Å²) >= 11 is 1.39. The molecule has 8 nitrogen and oxygen atoms in total. The van der Waals surface area contributed by atoms with Gasteiger partial charge in [0.15, 0.2) is 10.9 Å². The number of piperidine rings is 1. The van der Waals surface area contributed by atoms with Gasteiger partial charge in [-0.1, -0.05) is 18.7 Å². The Morgan fingerprint density at radius 1 is 1.12 bits per heavy atom. The van der Waals surface area contributed by atoms with Crippen LogP contribution in [0.1, 0.15) is 48.7 Å². The number of hydrogen-bond donors (Lipinski definition) is 0. The Morgan fingerprint density at radius 3 is 2.59 bits per heavy atom. The predicted molar refractivity (Wildman–Crippen MR) is 132 cm³/mol. The van der Waals surface area contributed by atoms with Gasteiger partial charge in [0.05, 0.1) is 18.6 Å². The zero-order valence-electron chi connectivity index (χ0n) is 19.4. The largest absolute Gasteiger partial charge is 0.467 e. The third-order valence-electron chi connectivity index (χ3n) is 6.56. The lowest BCUT2D eigenvalue weighted by atomic mass is 10.00. The normalized spacial score (nSPS) is 17.0. The highest BCUT2D eigenvalue weighted by atomic mass is 32.2. The molecule has 1 aromatic carbocycles. The van der Waals surface area contributed by atoms with Crippen LogP contribution in [0, 0.1) is 5.92 Å². The Kier molecular flexibility index (Phi) is 6.71. The smallest absolute Gasteiger partial charge is 0.228 e. The van der Waals surface area contributed by atoms with Crippen LogP contribution in [0.2, 0.25) is 0 Å². The van der Waals surface area contributed by atoms with E-state index >= 15 is 0 Å². The zero-order chi connectivity index (χ0) is 23.5. The fourth-order valence-electron chi connectivity index (χ4n) is 4.49. The summed E-state index contributed by atoms with van der Waals surface area (Å²) in [5.41, 5.74) is 1.48. The zero-order valence-corrected chi connectivity index (χ0v) is 20.2. The van der Waals surface area contributed by atoms with E-state index in [9.17, 15) is 9.59 Å². The summed E-state index contributed by atoms with van der Waals surface area (Å²) in [5, 5.41) is 9.62. The first kappa shape index (κ1) is 22.7. The van der Waals surface area contributed by atoms with Gasteiger partial charge in [-0.05, 0) is 61.6 Å². The third kappa shape index (κ3) is 4.89. The maximum Gasteiger partial charge on any atom is 0.228 e. The standard InChI is InChI=1S/C25H29N5O3S/c1-18-10-13-28(14-11-18)24-26-27-25(30(24)16-21-4-3-15-33-21)34-17-22(31)19-6-8-20(9-7-19)29-12-2-5-23(29)32/h3-4,6-9,15,18H,2,5,10-14,16-17H2,1H3. The average Bonchev–Trinajstić information content (AvgIpc) is 3.61. The van der Waals surface area contributed by atoms with Gasteiger partial charge < -0.3 is 14.2 Å². The molecule has 0 atom stereocenters. The lowest BCUT2D eigenvalue weighted by Gasteiger charge is -2.31. The van der Waals surface area contributed by atoms with Crippen LogP contribution in [0.15, 0.2) is 52.2 Å². The Bertz CT molecular complexity index is 1130. The molecule has 1 amide bonds. The Balaban J connectivity index is 1.28. The van der Waals surface area contributed by atoms with Crippen molar-refractivity contribution in [3.8, 4) is 0 Å². The molecule has 0 bridgehead atoms. The number of furan rings is 1. The summed E-state index contributed by atoms with van der Waals surface area (Å²) in [6.45, 7) is 5.45.